The predicted molar refractivity (Wildman–Crippen MR) is 43.3 cm³/mol. The highest BCUT2D eigenvalue weighted by molar-refractivity contribution is 7.80. The predicted octanol–water partition coefficient (Wildman–Crippen LogP) is 0.356. The molecule has 0 aliphatic heterocycles. The number of thiol groups is 1. The van der Waals surface area contributed by atoms with Gasteiger partial charge in [-0.15, -0.1) is 0 Å². The fraction of sp³-hybridized carbons (Fsp3) is 0.833. The smallest absolute Gasteiger partial charge is 0.306 e. The largest absolute Gasteiger partial charge is 0.481 e. The molecule has 3 nitrogen and oxygen atoms in total. The summed E-state index contributed by atoms with van der Waals surface area (Å²) >= 11 is 3.94. The highest BCUT2D eigenvalue weighted by Crippen LogP contribution is 2.08. The molecule has 0 heterocycles. The number of carboxylic acids is 1. The van der Waals surface area contributed by atoms with Crippen molar-refractivity contribution < 1.29 is 9.90 Å². The topological polar surface area (TPSA) is 63.3 Å². The van der Waals surface area contributed by atoms with Gasteiger partial charge in [-0.3, -0.25) is 4.79 Å². The van der Waals surface area contributed by atoms with Crippen LogP contribution < -0.4 is 5.73 Å². The highest BCUT2D eigenvalue weighted by Gasteiger charge is 2.14. The Hall–Kier alpha value is -0.220. The summed E-state index contributed by atoms with van der Waals surface area (Å²) in [4.78, 5) is 10.4. The van der Waals surface area contributed by atoms with Crippen LogP contribution in [-0.4, -0.2) is 23.4 Å². The first kappa shape index (κ1) is 9.78. The molecule has 0 amide bonds. The molecule has 0 aromatic heterocycles. The van der Waals surface area contributed by atoms with Gasteiger partial charge in [0, 0.05) is 0 Å². The number of carboxylic acid groups (broad SMARTS) is 1. The summed E-state index contributed by atoms with van der Waals surface area (Å²) in [5, 5.41) is 8.55. The average molecular weight is 163 g/mol. The van der Waals surface area contributed by atoms with Gasteiger partial charge in [0.15, 0.2) is 0 Å². The van der Waals surface area contributed by atoms with Gasteiger partial charge in [-0.2, -0.15) is 12.6 Å². The Morgan fingerprint density at radius 1 is 1.60 bits per heavy atom. The van der Waals surface area contributed by atoms with Crippen LogP contribution in [0.1, 0.15) is 12.8 Å². The molecule has 0 aliphatic carbocycles. The molecule has 0 saturated carbocycles. The summed E-state index contributed by atoms with van der Waals surface area (Å²) in [5.74, 6) is -0.459. The number of nitrogens with two attached hydrogens (primary N) is 1. The van der Waals surface area contributed by atoms with Crippen LogP contribution in [0.5, 0.6) is 0 Å². The molecule has 0 saturated heterocycles. The molecule has 0 spiro atoms. The van der Waals surface area contributed by atoms with E-state index in [1.807, 2.05) is 0 Å². The molecule has 0 aromatic rings. The van der Waals surface area contributed by atoms with E-state index in [0.717, 1.165) is 0 Å². The third-order valence-electron chi connectivity index (χ3n) is 1.34. The Labute approximate surface area is 66.0 Å². The van der Waals surface area contributed by atoms with Gasteiger partial charge in [0.25, 0.3) is 0 Å². The SMILES string of the molecule is NCCC(CCS)C(=O)O. The molecule has 0 bridgehead atoms. The molecule has 1 unspecified atom stereocenters. The zero-order valence-electron chi connectivity index (χ0n) is 5.79. The van der Waals surface area contributed by atoms with Crippen molar-refractivity contribution in [1.82, 2.24) is 0 Å². The molecular weight excluding hydrogens is 150 g/mol. The van der Waals surface area contributed by atoms with E-state index in [2.05, 4.69) is 12.6 Å². The maximum Gasteiger partial charge on any atom is 0.306 e. The van der Waals surface area contributed by atoms with Crippen molar-refractivity contribution in [3.05, 3.63) is 0 Å². The van der Waals surface area contributed by atoms with Gasteiger partial charge < -0.3 is 10.8 Å². The molecule has 10 heavy (non-hydrogen) atoms. The van der Waals surface area contributed by atoms with Crippen molar-refractivity contribution in [3.8, 4) is 0 Å². The number of hydrogen-bond acceptors (Lipinski definition) is 3. The van der Waals surface area contributed by atoms with E-state index >= 15 is 0 Å². The molecule has 0 fully saturated rings. The second-order valence-electron chi connectivity index (χ2n) is 2.12. The van der Waals surface area contributed by atoms with Crippen molar-refractivity contribution in [2.45, 2.75) is 12.8 Å². The molecule has 3 N–H and O–H groups in total. The maximum absolute atomic E-state index is 10.4. The monoisotopic (exact) mass is 163 g/mol. The number of carbonyl (C=O) groups is 1. The van der Waals surface area contributed by atoms with E-state index in [0.29, 0.717) is 25.1 Å². The van der Waals surface area contributed by atoms with E-state index in [4.69, 9.17) is 10.8 Å². The summed E-state index contributed by atoms with van der Waals surface area (Å²) in [5.41, 5.74) is 5.21. The molecule has 60 valence electrons. The van der Waals surface area contributed by atoms with E-state index in [1.54, 1.807) is 0 Å². The van der Waals surface area contributed by atoms with Crippen LogP contribution in [0.15, 0.2) is 0 Å². The Morgan fingerprint density at radius 2 is 2.20 bits per heavy atom. The van der Waals surface area contributed by atoms with Crippen molar-refractivity contribution in [3.63, 3.8) is 0 Å². The summed E-state index contributed by atoms with van der Waals surface area (Å²) in [6, 6.07) is 0. The van der Waals surface area contributed by atoms with E-state index in [-0.39, 0.29) is 5.92 Å². The molecule has 1 atom stereocenters. The molecular formula is C6H13NO2S. The van der Waals surface area contributed by atoms with E-state index < -0.39 is 5.97 Å². The van der Waals surface area contributed by atoms with Crippen molar-refractivity contribution in [1.29, 1.82) is 0 Å². The zero-order valence-corrected chi connectivity index (χ0v) is 6.68. The maximum atomic E-state index is 10.4. The Morgan fingerprint density at radius 3 is 2.50 bits per heavy atom. The molecule has 0 aromatic carbocycles. The van der Waals surface area contributed by atoms with Gasteiger partial charge in [-0.25, -0.2) is 0 Å². The van der Waals surface area contributed by atoms with Gasteiger partial charge in [0.05, 0.1) is 5.92 Å². The third kappa shape index (κ3) is 3.74. The highest BCUT2D eigenvalue weighted by atomic mass is 32.1. The van der Waals surface area contributed by atoms with Gasteiger partial charge in [-0.1, -0.05) is 0 Å². The van der Waals surface area contributed by atoms with Crippen LogP contribution in [0.4, 0.5) is 0 Å². The van der Waals surface area contributed by atoms with Crippen molar-refractivity contribution in [2.24, 2.45) is 11.7 Å². The lowest BCUT2D eigenvalue weighted by molar-refractivity contribution is -0.141. The van der Waals surface area contributed by atoms with Crippen LogP contribution in [0, 0.1) is 5.92 Å². The first-order chi connectivity index (χ1) is 4.72. The Bertz CT molecular complexity index is 102. The first-order valence-electron chi connectivity index (χ1n) is 3.26. The fourth-order valence-electron chi connectivity index (χ4n) is 0.748. The number of aliphatic carboxylic acids is 1. The molecule has 0 aliphatic rings. The fourth-order valence-corrected chi connectivity index (χ4v) is 1.06. The summed E-state index contributed by atoms with van der Waals surface area (Å²) in [7, 11) is 0. The van der Waals surface area contributed by atoms with Gasteiger partial charge in [0.2, 0.25) is 0 Å². The third-order valence-corrected chi connectivity index (χ3v) is 1.60. The standard InChI is InChI=1S/C6H13NO2S/c7-3-1-5(2-4-10)6(8)9/h5,10H,1-4,7H2,(H,8,9). The van der Waals surface area contributed by atoms with Gasteiger partial charge in [-0.05, 0) is 25.1 Å². The summed E-state index contributed by atoms with van der Waals surface area (Å²) in [6.07, 6.45) is 1.16. The minimum absolute atomic E-state index is 0.303. The lowest BCUT2D eigenvalue weighted by atomic mass is 10.0. The second-order valence-corrected chi connectivity index (χ2v) is 2.57. The quantitative estimate of drug-likeness (QED) is 0.513. The van der Waals surface area contributed by atoms with Crippen LogP contribution in [-0.2, 0) is 4.79 Å². The average Bonchev–Trinajstić information content (AvgIpc) is 1.87. The van der Waals surface area contributed by atoms with Crippen molar-refractivity contribution >= 4 is 18.6 Å². The van der Waals surface area contributed by atoms with E-state index in [1.165, 1.54) is 0 Å². The van der Waals surface area contributed by atoms with Gasteiger partial charge in [0.1, 0.15) is 0 Å². The summed E-state index contributed by atoms with van der Waals surface area (Å²) < 4.78 is 0. The first-order valence-corrected chi connectivity index (χ1v) is 3.89. The molecule has 4 heteroatoms. The van der Waals surface area contributed by atoms with Gasteiger partial charge >= 0.3 is 5.97 Å². The Kier molecular flexibility index (Phi) is 5.43. The molecule has 0 rings (SSSR count). The lowest BCUT2D eigenvalue weighted by Crippen LogP contribution is -2.18. The number of rotatable bonds is 5. The normalized spacial score (nSPS) is 13.0. The van der Waals surface area contributed by atoms with Crippen molar-refractivity contribution in [2.75, 3.05) is 12.3 Å². The minimum atomic E-state index is -0.764. The number of hydrogen-bond donors (Lipinski definition) is 3. The van der Waals surface area contributed by atoms with Crippen LogP contribution in [0.3, 0.4) is 0 Å². The minimum Gasteiger partial charge on any atom is -0.481 e. The molecule has 0 radical (unpaired) electrons. The van der Waals surface area contributed by atoms with Crippen LogP contribution in [0.2, 0.25) is 0 Å². The van der Waals surface area contributed by atoms with E-state index in [9.17, 15) is 4.79 Å². The van der Waals surface area contributed by atoms with Crippen LogP contribution in [0.25, 0.3) is 0 Å². The van der Waals surface area contributed by atoms with Crippen LogP contribution >= 0.6 is 12.6 Å². The lowest BCUT2D eigenvalue weighted by Gasteiger charge is -2.07. The summed E-state index contributed by atoms with van der Waals surface area (Å²) in [6.45, 7) is 0.435. The zero-order chi connectivity index (χ0) is 7.98. The second kappa shape index (κ2) is 5.56. The Balaban J connectivity index is 3.61.